The van der Waals surface area contributed by atoms with E-state index < -0.39 is 0 Å². The first-order valence-electron chi connectivity index (χ1n) is 8.93. The first-order valence-corrected chi connectivity index (χ1v) is 9.46. The van der Waals surface area contributed by atoms with Gasteiger partial charge in [0.25, 0.3) is 6.79 Å². The van der Waals surface area contributed by atoms with E-state index in [1.165, 1.54) is 5.01 Å². The highest BCUT2D eigenvalue weighted by atomic mass is 35.5. The monoisotopic (exact) mass is 381 g/mol. The number of esters is 1. The van der Waals surface area contributed by atoms with Crippen LogP contribution in [0.15, 0.2) is 5.28 Å². The van der Waals surface area contributed by atoms with Crippen molar-refractivity contribution in [2.75, 3.05) is 25.9 Å². The zero-order chi connectivity index (χ0) is 18.9. The number of unbranched alkanes of at least 4 members (excludes halogenated alkanes) is 4. The summed E-state index contributed by atoms with van der Waals surface area (Å²) < 4.78 is 10.1. The number of carbonyl (C=O) groups is 1. The fraction of sp³-hybridized carbons (Fsp3) is 0.938. The Bertz CT molecular complexity index is 368. The van der Waals surface area contributed by atoms with Gasteiger partial charge in [-0.05, 0) is 33.6 Å². The smallest absolute Gasteiger partial charge is 0.308 e. The molecule has 148 valence electrons. The molecule has 0 aromatic rings. The fourth-order valence-corrected chi connectivity index (χ4v) is 2.39. The quantitative estimate of drug-likeness (QED) is 0.0764. The molecule has 0 spiro atoms. The average Bonchev–Trinajstić information content (AvgIpc) is 2.59. The number of halogens is 1. The number of hydrogen-bond acceptors (Lipinski definition) is 6. The van der Waals surface area contributed by atoms with E-state index in [9.17, 15) is 10.0 Å². The van der Waals surface area contributed by atoms with Gasteiger partial charge in [-0.1, -0.05) is 37.3 Å². The van der Waals surface area contributed by atoms with E-state index in [-0.39, 0.29) is 24.9 Å². The Morgan fingerprint density at radius 2 is 1.84 bits per heavy atom. The third-order valence-electron chi connectivity index (χ3n) is 3.71. The summed E-state index contributed by atoms with van der Waals surface area (Å²) in [5.41, 5.74) is 0. The molecule has 0 aromatic carbocycles. The molecule has 9 heteroatoms. The Hall–Kier alpha value is -1.28. The highest BCUT2D eigenvalue weighted by molar-refractivity contribution is 6.17. The first kappa shape index (κ1) is 23.7. The molecule has 0 aliphatic carbocycles. The fourth-order valence-electron chi connectivity index (χ4n) is 2.18. The minimum atomic E-state index is -0.350. The summed E-state index contributed by atoms with van der Waals surface area (Å²) in [7, 11) is 0. The topological polar surface area (TPSA) is 86.4 Å². The summed E-state index contributed by atoms with van der Waals surface area (Å²) in [5.74, 6) is -0.348. The summed E-state index contributed by atoms with van der Waals surface area (Å²) >= 11 is 5.49. The van der Waals surface area contributed by atoms with Crippen LogP contribution in [0.3, 0.4) is 0 Å². The van der Waals surface area contributed by atoms with Gasteiger partial charge in [0, 0.05) is 6.42 Å². The van der Waals surface area contributed by atoms with Crippen LogP contribution in [0, 0.1) is 5.21 Å². The van der Waals surface area contributed by atoms with Gasteiger partial charge in [-0.25, -0.2) is 0 Å². The van der Waals surface area contributed by atoms with Crippen molar-refractivity contribution in [2.45, 2.75) is 71.8 Å². The zero-order valence-corrected chi connectivity index (χ0v) is 16.4. The molecule has 0 bridgehead atoms. The Balaban J connectivity index is 3.55. The molecule has 0 aliphatic rings. The molecule has 0 radical (unpaired) electrons. The van der Waals surface area contributed by atoms with Gasteiger partial charge in [0.2, 0.25) is 5.28 Å². The molecule has 8 nitrogen and oxygen atoms in total. The molecule has 1 unspecified atom stereocenters. The SMILES string of the molecule is CCN(CC)/[N+]([O-])=N/OCOC(=O)CCCCCCCC(C)OCCl. The Kier molecular flexibility index (Phi) is 15.4. The molecule has 0 rings (SSSR count). The predicted molar refractivity (Wildman–Crippen MR) is 94.6 cm³/mol. The number of carbonyl (C=O) groups excluding carboxylic acids is 1. The Morgan fingerprint density at radius 1 is 1.20 bits per heavy atom. The van der Waals surface area contributed by atoms with Crippen LogP contribution in [0.4, 0.5) is 0 Å². The summed E-state index contributed by atoms with van der Waals surface area (Å²) in [6.07, 6.45) is 6.56. The number of ether oxygens (including phenoxy) is 2. The maximum absolute atomic E-state index is 11.5. The minimum Gasteiger partial charge on any atom is -0.569 e. The molecule has 0 amide bonds. The molecule has 0 heterocycles. The standard InChI is InChI=1S/C16H32ClN3O5/c1-4-19(5-2)20(22)18-25-14-24-16(21)12-10-8-6-7-9-11-15(3)23-13-17/h15H,4-14H2,1-3H3/b20-18-. The van der Waals surface area contributed by atoms with Crippen molar-refractivity contribution < 1.29 is 24.1 Å². The Morgan fingerprint density at radius 3 is 2.48 bits per heavy atom. The van der Waals surface area contributed by atoms with Crippen LogP contribution < -0.4 is 0 Å². The molecule has 0 aliphatic heterocycles. The number of nitrogens with zero attached hydrogens (tertiary/aromatic N) is 3. The van der Waals surface area contributed by atoms with Gasteiger partial charge in [-0.15, -0.1) is 5.01 Å². The van der Waals surface area contributed by atoms with Crippen LogP contribution in [0.5, 0.6) is 0 Å². The van der Waals surface area contributed by atoms with Gasteiger partial charge >= 0.3 is 5.97 Å². The summed E-state index contributed by atoms with van der Waals surface area (Å²) in [6, 6.07) is 0.239. The maximum atomic E-state index is 11.5. The van der Waals surface area contributed by atoms with Gasteiger partial charge < -0.3 is 19.5 Å². The van der Waals surface area contributed by atoms with Gasteiger partial charge in [0.1, 0.15) is 6.07 Å². The number of hydrazine groups is 1. The van der Waals surface area contributed by atoms with Crippen molar-refractivity contribution >= 4 is 17.6 Å². The third-order valence-corrected chi connectivity index (χ3v) is 3.84. The van der Waals surface area contributed by atoms with E-state index in [1.54, 1.807) is 0 Å². The number of hydrogen-bond donors (Lipinski definition) is 0. The van der Waals surface area contributed by atoms with Crippen molar-refractivity contribution in [1.82, 2.24) is 5.01 Å². The van der Waals surface area contributed by atoms with Gasteiger partial charge in [0.15, 0.2) is 0 Å². The minimum absolute atomic E-state index is 0.199. The lowest BCUT2D eigenvalue weighted by Crippen LogP contribution is -2.30. The van der Waals surface area contributed by atoms with Crippen LogP contribution in [0.1, 0.15) is 65.7 Å². The lowest BCUT2D eigenvalue weighted by molar-refractivity contribution is -0.710. The van der Waals surface area contributed by atoms with Crippen molar-refractivity contribution in [1.29, 1.82) is 0 Å². The number of rotatable bonds is 16. The van der Waals surface area contributed by atoms with Crippen LogP contribution in [-0.4, -0.2) is 48.0 Å². The summed E-state index contributed by atoms with van der Waals surface area (Å²) in [4.78, 5) is 16.5. The second kappa shape index (κ2) is 16.2. The van der Waals surface area contributed by atoms with Crippen molar-refractivity contribution in [2.24, 2.45) is 5.28 Å². The molecule has 0 N–H and O–H groups in total. The van der Waals surface area contributed by atoms with E-state index in [2.05, 4.69) is 10.1 Å². The molecule has 0 saturated carbocycles. The van der Waals surface area contributed by atoms with Gasteiger partial charge in [-0.2, -0.15) is 0 Å². The molecule has 0 fully saturated rings. The predicted octanol–water partition coefficient (Wildman–Crippen LogP) is 3.97. The lowest BCUT2D eigenvalue weighted by Gasteiger charge is -2.13. The van der Waals surface area contributed by atoms with E-state index >= 15 is 0 Å². The highest BCUT2D eigenvalue weighted by Gasteiger charge is 2.08. The first-order chi connectivity index (χ1) is 12.0. The second-order valence-corrected chi connectivity index (χ2v) is 5.85. The zero-order valence-electron chi connectivity index (χ0n) is 15.6. The molecular weight excluding hydrogens is 350 g/mol. The summed E-state index contributed by atoms with van der Waals surface area (Å²) in [6.45, 7) is 6.37. The van der Waals surface area contributed by atoms with Crippen molar-refractivity contribution in [3.8, 4) is 0 Å². The van der Waals surface area contributed by atoms with Crippen molar-refractivity contribution in [3.63, 3.8) is 0 Å². The molecular formula is C16H32ClN3O5. The highest BCUT2D eigenvalue weighted by Crippen LogP contribution is 2.11. The maximum Gasteiger partial charge on any atom is 0.308 e. The third kappa shape index (κ3) is 13.7. The van der Waals surface area contributed by atoms with Crippen LogP contribution >= 0.6 is 11.6 Å². The molecule has 0 aromatic heterocycles. The van der Waals surface area contributed by atoms with Crippen LogP contribution in [0.2, 0.25) is 0 Å². The van der Waals surface area contributed by atoms with E-state index in [0.717, 1.165) is 38.5 Å². The van der Waals surface area contributed by atoms with E-state index in [1.807, 2.05) is 20.8 Å². The van der Waals surface area contributed by atoms with Gasteiger partial charge in [-0.3, -0.25) is 4.79 Å². The summed E-state index contributed by atoms with van der Waals surface area (Å²) in [5, 5.41) is 16.1. The largest absolute Gasteiger partial charge is 0.569 e. The van der Waals surface area contributed by atoms with E-state index in [0.29, 0.717) is 24.5 Å². The van der Waals surface area contributed by atoms with Crippen LogP contribution in [-0.2, 0) is 19.1 Å². The van der Waals surface area contributed by atoms with Crippen LogP contribution in [0.25, 0.3) is 0 Å². The average molecular weight is 382 g/mol. The molecule has 1 atom stereocenters. The molecule has 25 heavy (non-hydrogen) atoms. The van der Waals surface area contributed by atoms with Gasteiger partial charge in [0.05, 0.1) is 24.2 Å². The normalized spacial score (nSPS) is 12.7. The van der Waals surface area contributed by atoms with Crippen molar-refractivity contribution in [3.05, 3.63) is 5.21 Å². The molecule has 0 saturated heterocycles. The lowest BCUT2D eigenvalue weighted by atomic mass is 10.1. The number of alkyl halides is 1. The van der Waals surface area contributed by atoms with E-state index in [4.69, 9.17) is 21.1 Å². The Labute approximate surface area is 155 Å². The second-order valence-electron chi connectivity index (χ2n) is 5.63.